The van der Waals surface area contributed by atoms with E-state index in [1.807, 2.05) is 33.1 Å². The van der Waals surface area contributed by atoms with E-state index in [-0.39, 0.29) is 12.1 Å². The number of alkyl carbamates (subject to hydrolysis) is 1. The number of halogens is 1. The normalized spacial score (nSPS) is 16.4. The Labute approximate surface area is 156 Å². The molecule has 138 valence electrons. The molecule has 3 atom stereocenters. The zero-order valence-corrected chi connectivity index (χ0v) is 17.6. The number of hydrogen-bond acceptors (Lipinski definition) is 5. The third kappa shape index (κ3) is 6.80. The van der Waals surface area contributed by atoms with Crippen LogP contribution in [-0.2, 0) is 16.1 Å². The molecule has 1 aromatic rings. The van der Waals surface area contributed by atoms with E-state index in [0.29, 0.717) is 5.02 Å². The van der Waals surface area contributed by atoms with E-state index in [0.717, 1.165) is 4.88 Å². The second kappa shape index (κ2) is 8.27. The zero-order valence-electron chi connectivity index (χ0n) is 15.2. The molecule has 0 saturated carbocycles. The molecule has 8 heteroatoms. The Bertz CT molecular complexity index is 552. The van der Waals surface area contributed by atoms with Crippen molar-refractivity contribution in [1.29, 1.82) is 0 Å². The highest BCUT2D eigenvalue weighted by molar-refractivity contribution is 7.90. The van der Waals surface area contributed by atoms with Crippen molar-refractivity contribution in [2.45, 2.75) is 70.9 Å². The first-order valence-electron chi connectivity index (χ1n) is 7.71. The molecule has 1 amide bonds. The van der Waals surface area contributed by atoms with E-state index in [9.17, 15) is 9.35 Å². The summed E-state index contributed by atoms with van der Waals surface area (Å²) in [4.78, 5) is 12.9. The Morgan fingerprint density at radius 1 is 1.33 bits per heavy atom. The van der Waals surface area contributed by atoms with Gasteiger partial charge in [-0.2, -0.15) is 0 Å². The molecule has 24 heavy (non-hydrogen) atoms. The average Bonchev–Trinajstić information content (AvgIpc) is 2.77. The fourth-order valence-corrected chi connectivity index (χ4v) is 4.09. The monoisotopic (exact) mass is 394 g/mol. The molecule has 0 aliphatic heterocycles. The molecule has 1 rings (SSSR count). The number of hydrogen-bond donors (Lipinski definition) is 2. The van der Waals surface area contributed by atoms with E-state index in [2.05, 4.69) is 10.0 Å². The van der Waals surface area contributed by atoms with Crippen LogP contribution in [0, 0.1) is 0 Å². The van der Waals surface area contributed by atoms with Crippen molar-refractivity contribution in [3.05, 3.63) is 21.3 Å². The summed E-state index contributed by atoms with van der Waals surface area (Å²) in [5.74, 6) is 0. The average molecular weight is 395 g/mol. The molecule has 1 aromatic heterocycles. The van der Waals surface area contributed by atoms with Crippen LogP contribution in [0.5, 0.6) is 0 Å². The van der Waals surface area contributed by atoms with Gasteiger partial charge in [0.1, 0.15) is 16.4 Å². The maximum Gasteiger partial charge on any atom is 0.407 e. The van der Waals surface area contributed by atoms with E-state index in [1.54, 1.807) is 26.8 Å². The maximum absolute atomic E-state index is 12.5. The van der Waals surface area contributed by atoms with Gasteiger partial charge in [-0.25, -0.2) is 4.79 Å². The van der Waals surface area contributed by atoms with Crippen molar-refractivity contribution in [3.8, 4) is 0 Å². The minimum Gasteiger partial charge on any atom is -0.598 e. The molecule has 0 aromatic carbocycles. The van der Waals surface area contributed by atoms with Crippen LogP contribution in [0.3, 0.4) is 0 Å². The minimum atomic E-state index is -1.31. The first-order valence-corrected chi connectivity index (χ1v) is 10.1. The van der Waals surface area contributed by atoms with Crippen LogP contribution in [-0.4, -0.2) is 27.0 Å². The SMILES string of the molecule is C[C@H](NC(=O)OC(C)(C)C)[C@H](N[S+]([O-])C(C)(C)C)c1sccc1Cl. The van der Waals surface area contributed by atoms with Gasteiger partial charge in [-0.05, 0) is 59.9 Å². The summed E-state index contributed by atoms with van der Waals surface area (Å²) in [6.45, 7) is 12.9. The van der Waals surface area contributed by atoms with Gasteiger partial charge in [0.15, 0.2) is 0 Å². The quantitative estimate of drug-likeness (QED) is 0.725. The van der Waals surface area contributed by atoms with Crippen LogP contribution < -0.4 is 10.0 Å². The van der Waals surface area contributed by atoms with Crippen LogP contribution in [0.15, 0.2) is 11.4 Å². The van der Waals surface area contributed by atoms with E-state index in [4.69, 9.17) is 16.3 Å². The van der Waals surface area contributed by atoms with Gasteiger partial charge in [0.25, 0.3) is 0 Å². The third-order valence-corrected chi connectivity index (χ3v) is 5.98. The largest absolute Gasteiger partial charge is 0.598 e. The third-order valence-electron chi connectivity index (χ3n) is 2.96. The first-order chi connectivity index (χ1) is 10.8. The van der Waals surface area contributed by atoms with Crippen LogP contribution >= 0.6 is 22.9 Å². The molecule has 5 nitrogen and oxygen atoms in total. The summed E-state index contributed by atoms with van der Waals surface area (Å²) >= 11 is 6.40. The minimum absolute atomic E-state index is 0.359. The first kappa shape index (κ1) is 21.6. The molecule has 0 bridgehead atoms. The smallest absolute Gasteiger partial charge is 0.407 e. The number of ether oxygens (including phenoxy) is 1. The molecule has 0 radical (unpaired) electrons. The van der Waals surface area contributed by atoms with Gasteiger partial charge in [0.2, 0.25) is 0 Å². The molecular weight excluding hydrogens is 368 g/mol. The fourth-order valence-electron chi connectivity index (χ4n) is 1.78. The molecule has 0 aliphatic carbocycles. The lowest BCUT2D eigenvalue weighted by Crippen LogP contribution is -2.49. The van der Waals surface area contributed by atoms with Gasteiger partial charge in [-0.3, -0.25) is 0 Å². The summed E-state index contributed by atoms with van der Waals surface area (Å²) in [7, 11) is 0. The Morgan fingerprint density at radius 2 is 1.92 bits per heavy atom. The van der Waals surface area contributed by atoms with Crippen molar-refractivity contribution in [3.63, 3.8) is 0 Å². The molecule has 0 fully saturated rings. The summed E-state index contributed by atoms with van der Waals surface area (Å²) in [5, 5.41) is 5.25. The lowest BCUT2D eigenvalue weighted by molar-refractivity contribution is 0.0500. The van der Waals surface area contributed by atoms with Crippen LogP contribution in [0.4, 0.5) is 4.79 Å². The predicted octanol–water partition coefficient (Wildman–Crippen LogP) is 4.41. The van der Waals surface area contributed by atoms with Crippen molar-refractivity contribution >= 4 is 40.4 Å². The predicted molar refractivity (Wildman–Crippen MR) is 102 cm³/mol. The highest BCUT2D eigenvalue weighted by Gasteiger charge is 2.34. The number of thiophene rings is 1. The number of amides is 1. The van der Waals surface area contributed by atoms with Crippen LogP contribution in [0.1, 0.15) is 59.4 Å². The highest BCUT2D eigenvalue weighted by atomic mass is 35.5. The number of nitrogens with one attached hydrogen (secondary N) is 2. The van der Waals surface area contributed by atoms with Gasteiger partial charge >= 0.3 is 6.09 Å². The van der Waals surface area contributed by atoms with Crippen LogP contribution in [0.25, 0.3) is 0 Å². The van der Waals surface area contributed by atoms with E-state index in [1.165, 1.54) is 11.3 Å². The Balaban J connectivity index is 2.93. The Hall–Kier alpha value is -0.470. The lowest BCUT2D eigenvalue weighted by Gasteiger charge is -2.31. The molecule has 1 unspecified atom stereocenters. The van der Waals surface area contributed by atoms with E-state index >= 15 is 0 Å². The number of carbonyl (C=O) groups excluding carboxylic acids is 1. The summed E-state index contributed by atoms with van der Waals surface area (Å²) < 4.78 is 20.5. The molecule has 0 aliphatic rings. The Kier molecular flexibility index (Phi) is 7.44. The van der Waals surface area contributed by atoms with Gasteiger partial charge in [-0.1, -0.05) is 11.6 Å². The summed E-state index contributed by atoms with van der Waals surface area (Å²) in [5.41, 5.74) is -0.582. The molecular formula is C16H27ClN2O3S2. The van der Waals surface area contributed by atoms with Gasteiger partial charge in [0, 0.05) is 16.2 Å². The second-order valence-corrected chi connectivity index (χ2v) is 10.9. The van der Waals surface area contributed by atoms with E-state index < -0.39 is 27.8 Å². The molecule has 0 saturated heterocycles. The number of carbonyl (C=O) groups is 1. The summed E-state index contributed by atoms with van der Waals surface area (Å²) in [6.07, 6.45) is -0.518. The molecule has 1 heterocycles. The summed E-state index contributed by atoms with van der Waals surface area (Å²) in [6, 6.07) is 1.04. The van der Waals surface area contributed by atoms with Gasteiger partial charge < -0.3 is 14.6 Å². The standard InChI is InChI=1S/C16H27ClN2O3S2/c1-10(18-14(20)22-15(2,3)4)12(13-11(17)8-9-23-13)19-24(21)16(5,6)7/h8-10,12,19H,1-7H3,(H,18,20)/t10-,12-,24?/m0/s1. The number of rotatable bonds is 5. The zero-order chi connectivity index (χ0) is 18.7. The van der Waals surface area contributed by atoms with Gasteiger partial charge in [-0.15, -0.1) is 16.1 Å². The fraction of sp³-hybridized carbons (Fsp3) is 0.688. The topological polar surface area (TPSA) is 73.4 Å². The van der Waals surface area contributed by atoms with Crippen molar-refractivity contribution < 1.29 is 14.1 Å². The Morgan fingerprint density at radius 3 is 2.33 bits per heavy atom. The van der Waals surface area contributed by atoms with Crippen molar-refractivity contribution in [2.24, 2.45) is 0 Å². The maximum atomic E-state index is 12.5. The van der Waals surface area contributed by atoms with Crippen molar-refractivity contribution in [1.82, 2.24) is 10.0 Å². The lowest BCUT2D eigenvalue weighted by atomic mass is 10.1. The second-order valence-electron chi connectivity index (χ2n) is 7.54. The molecule has 2 N–H and O–H groups in total. The molecule has 0 spiro atoms. The van der Waals surface area contributed by atoms with Crippen molar-refractivity contribution in [2.75, 3.05) is 0 Å². The van der Waals surface area contributed by atoms with Gasteiger partial charge in [0.05, 0.1) is 11.1 Å². The highest BCUT2D eigenvalue weighted by Crippen LogP contribution is 2.32. The van der Waals surface area contributed by atoms with Crippen LogP contribution in [0.2, 0.25) is 5.02 Å².